The predicted molar refractivity (Wildman–Crippen MR) is 86.9 cm³/mol. The predicted octanol–water partition coefficient (Wildman–Crippen LogP) is 5.57. The van der Waals surface area contributed by atoms with Crippen LogP contribution in [-0.4, -0.2) is 0 Å². The lowest BCUT2D eigenvalue weighted by Crippen LogP contribution is -2.17. The van der Waals surface area contributed by atoms with Crippen molar-refractivity contribution in [3.8, 4) is 0 Å². The molecule has 104 valence electrons. The molecule has 19 heavy (non-hydrogen) atoms. The zero-order valence-corrected chi connectivity index (χ0v) is 13.4. The zero-order chi connectivity index (χ0) is 14.7. The first-order valence-electron chi connectivity index (χ1n) is 7.07. The summed E-state index contributed by atoms with van der Waals surface area (Å²) in [4.78, 5) is 0. The van der Waals surface area contributed by atoms with Crippen molar-refractivity contribution >= 4 is 0 Å². The maximum atomic E-state index is 3.72. The second-order valence-corrected chi connectivity index (χ2v) is 7.29. The second-order valence-electron chi connectivity index (χ2n) is 7.29. The van der Waals surface area contributed by atoms with E-state index >= 15 is 0 Å². The van der Waals surface area contributed by atoms with Gasteiger partial charge in [0, 0.05) is 0 Å². The van der Waals surface area contributed by atoms with Crippen molar-refractivity contribution in [1.82, 2.24) is 0 Å². The van der Waals surface area contributed by atoms with Crippen molar-refractivity contribution in [1.29, 1.82) is 0 Å². The Kier molecular flexibility index (Phi) is 4.79. The van der Waals surface area contributed by atoms with E-state index in [0.29, 0.717) is 0 Å². The minimum absolute atomic E-state index is 0.193. The molecule has 0 atom stereocenters. The number of hydrogen-bond acceptors (Lipinski definition) is 0. The fourth-order valence-electron chi connectivity index (χ4n) is 1.98. The molecule has 1 aromatic rings. The first-order valence-corrected chi connectivity index (χ1v) is 7.07. The number of benzene rings is 1. The van der Waals surface area contributed by atoms with Gasteiger partial charge < -0.3 is 0 Å². The SMILES string of the molecule is C=C/C=C/Cc1cc(C(C)(C)C)cc(C(C)(C)C)c1. The molecule has 0 nitrogen and oxygen atoms in total. The highest BCUT2D eigenvalue weighted by atomic mass is 14.2. The Morgan fingerprint density at radius 1 is 0.895 bits per heavy atom. The molecule has 0 aliphatic heterocycles. The van der Waals surface area contributed by atoms with Crippen LogP contribution in [0.3, 0.4) is 0 Å². The Hall–Kier alpha value is -1.30. The van der Waals surface area contributed by atoms with Gasteiger partial charge in [-0.05, 0) is 33.9 Å². The molecule has 0 spiro atoms. The summed E-state index contributed by atoms with van der Waals surface area (Å²) >= 11 is 0. The summed E-state index contributed by atoms with van der Waals surface area (Å²) in [5.41, 5.74) is 4.61. The number of rotatable bonds is 3. The highest BCUT2D eigenvalue weighted by molar-refractivity contribution is 5.38. The smallest absolute Gasteiger partial charge is 0.00941 e. The Morgan fingerprint density at radius 3 is 1.74 bits per heavy atom. The third-order valence-electron chi connectivity index (χ3n) is 3.35. The largest absolute Gasteiger partial charge is 0.0991 e. The van der Waals surface area contributed by atoms with Crippen molar-refractivity contribution in [2.75, 3.05) is 0 Å². The summed E-state index contributed by atoms with van der Waals surface area (Å²) in [5.74, 6) is 0. The molecule has 0 fully saturated rings. The van der Waals surface area contributed by atoms with E-state index in [1.54, 1.807) is 0 Å². The van der Waals surface area contributed by atoms with Crippen LogP contribution >= 0.6 is 0 Å². The fraction of sp³-hybridized carbons (Fsp3) is 0.474. The molecule has 0 aliphatic carbocycles. The quantitative estimate of drug-likeness (QED) is 0.620. The standard InChI is InChI=1S/C19H28/c1-8-9-10-11-15-12-16(18(2,3)4)14-17(13-15)19(5,6)7/h8-10,12-14H,1,11H2,2-7H3/b10-9+. The molecule has 0 aliphatic rings. The second kappa shape index (κ2) is 5.77. The molecule has 0 heterocycles. The summed E-state index contributed by atoms with van der Waals surface area (Å²) in [6.45, 7) is 17.4. The molecular formula is C19H28. The van der Waals surface area contributed by atoms with Gasteiger partial charge in [-0.15, -0.1) is 0 Å². The summed E-state index contributed by atoms with van der Waals surface area (Å²) in [6.07, 6.45) is 6.99. The van der Waals surface area contributed by atoms with Crippen LogP contribution in [0, 0.1) is 0 Å². The average molecular weight is 256 g/mol. The van der Waals surface area contributed by atoms with E-state index < -0.39 is 0 Å². The minimum Gasteiger partial charge on any atom is -0.0991 e. The van der Waals surface area contributed by atoms with Crippen LogP contribution in [0.5, 0.6) is 0 Å². The summed E-state index contributed by atoms with van der Waals surface area (Å²) in [5, 5.41) is 0. The molecule has 0 unspecified atom stereocenters. The molecule has 0 amide bonds. The number of hydrogen-bond donors (Lipinski definition) is 0. The summed E-state index contributed by atoms with van der Waals surface area (Å²) in [6, 6.07) is 7.03. The molecule has 0 saturated carbocycles. The van der Waals surface area contributed by atoms with Gasteiger partial charge in [0.1, 0.15) is 0 Å². The molecule has 1 aromatic carbocycles. The maximum Gasteiger partial charge on any atom is -0.00941 e. The van der Waals surface area contributed by atoms with E-state index in [0.717, 1.165) is 6.42 Å². The van der Waals surface area contributed by atoms with Gasteiger partial charge in [0.25, 0.3) is 0 Å². The van der Waals surface area contributed by atoms with Crippen molar-refractivity contribution in [2.24, 2.45) is 0 Å². The van der Waals surface area contributed by atoms with Crippen molar-refractivity contribution in [2.45, 2.75) is 58.8 Å². The Labute approximate surface area is 119 Å². The van der Waals surface area contributed by atoms with Crippen LogP contribution in [0.25, 0.3) is 0 Å². The van der Waals surface area contributed by atoms with E-state index in [4.69, 9.17) is 0 Å². The Morgan fingerprint density at radius 2 is 1.37 bits per heavy atom. The summed E-state index contributed by atoms with van der Waals surface area (Å²) < 4.78 is 0. The third-order valence-corrected chi connectivity index (χ3v) is 3.35. The summed E-state index contributed by atoms with van der Waals surface area (Å²) in [7, 11) is 0. The molecule has 0 N–H and O–H groups in total. The topological polar surface area (TPSA) is 0 Å². The van der Waals surface area contributed by atoms with E-state index in [1.807, 2.05) is 12.2 Å². The normalized spacial score (nSPS) is 12.9. The van der Waals surface area contributed by atoms with Gasteiger partial charge in [0.2, 0.25) is 0 Å². The lowest BCUT2D eigenvalue weighted by atomic mass is 9.79. The Balaban J connectivity index is 3.24. The van der Waals surface area contributed by atoms with Gasteiger partial charge in [-0.2, -0.15) is 0 Å². The molecule has 0 aromatic heterocycles. The fourth-order valence-corrected chi connectivity index (χ4v) is 1.98. The van der Waals surface area contributed by atoms with Crippen LogP contribution < -0.4 is 0 Å². The average Bonchev–Trinajstić information content (AvgIpc) is 2.27. The molecular weight excluding hydrogens is 228 g/mol. The van der Waals surface area contributed by atoms with Gasteiger partial charge in [-0.25, -0.2) is 0 Å². The highest BCUT2D eigenvalue weighted by Crippen LogP contribution is 2.30. The van der Waals surface area contributed by atoms with Crippen LogP contribution in [-0.2, 0) is 17.3 Å². The van der Waals surface area contributed by atoms with Crippen molar-refractivity contribution < 1.29 is 0 Å². The minimum atomic E-state index is 0.193. The van der Waals surface area contributed by atoms with Crippen molar-refractivity contribution in [3.63, 3.8) is 0 Å². The highest BCUT2D eigenvalue weighted by Gasteiger charge is 2.20. The van der Waals surface area contributed by atoms with E-state index in [-0.39, 0.29) is 10.8 Å². The molecule has 0 saturated heterocycles. The first-order chi connectivity index (χ1) is 8.64. The van der Waals surface area contributed by atoms with Crippen LogP contribution in [0.1, 0.15) is 58.2 Å². The third kappa shape index (κ3) is 4.70. The van der Waals surface area contributed by atoms with E-state index in [1.165, 1.54) is 16.7 Å². The van der Waals surface area contributed by atoms with Crippen LogP contribution in [0.15, 0.2) is 43.0 Å². The van der Waals surface area contributed by atoms with Gasteiger partial charge in [-0.1, -0.05) is 84.5 Å². The van der Waals surface area contributed by atoms with E-state index in [2.05, 4.69) is 72.4 Å². The van der Waals surface area contributed by atoms with Crippen molar-refractivity contribution in [3.05, 3.63) is 59.7 Å². The molecule has 0 bridgehead atoms. The first kappa shape index (κ1) is 15.8. The van der Waals surface area contributed by atoms with E-state index in [9.17, 15) is 0 Å². The van der Waals surface area contributed by atoms with Gasteiger partial charge >= 0.3 is 0 Å². The van der Waals surface area contributed by atoms with Gasteiger partial charge in [-0.3, -0.25) is 0 Å². The Bertz CT molecular complexity index is 430. The molecule has 0 heteroatoms. The molecule has 1 rings (SSSR count). The van der Waals surface area contributed by atoms with Gasteiger partial charge in [0.05, 0.1) is 0 Å². The van der Waals surface area contributed by atoms with Crippen LogP contribution in [0.4, 0.5) is 0 Å². The van der Waals surface area contributed by atoms with Gasteiger partial charge in [0.15, 0.2) is 0 Å². The lowest BCUT2D eigenvalue weighted by molar-refractivity contribution is 0.567. The number of allylic oxidation sites excluding steroid dienone is 3. The maximum absolute atomic E-state index is 3.72. The zero-order valence-electron chi connectivity index (χ0n) is 13.4. The van der Waals surface area contributed by atoms with Crippen LogP contribution in [0.2, 0.25) is 0 Å². The molecule has 0 radical (unpaired) electrons. The lowest BCUT2D eigenvalue weighted by Gasteiger charge is -2.26. The monoisotopic (exact) mass is 256 g/mol.